The van der Waals surface area contributed by atoms with Gasteiger partial charge in [0.15, 0.2) is 0 Å². The number of benzene rings is 1. The summed E-state index contributed by atoms with van der Waals surface area (Å²) in [5.41, 5.74) is -1.43. The van der Waals surface area contributed by atoms with Crippen molar-refractivity contribution in [1.29, 1.82) is 0 Å². The van der Waals surface area contributed by atoms with Gasteiger partial charge in [-0.1, -0.05) is 36.1 Å². The molecule has 1 aromatic rings. The summed E-state index contributed by atoms with van der Waals surface area (Å²) >= 11 is 0. The first kappa shape index (κ1) is 12.3. The SMILES string of the molecule is C#CC(C)(O)c1ccc(C(C)(O)C#C)cc1. The highest BCUT2D eigenvalue weighted by Crippen LogP contribution is 2.24. The second kappa shape index (κ2) is 4.02. The molecule has 0 aliphatic carbocycles. The molecule has 2 heteroatoms. The molecule has 0 aromatic heterocycles. The van der Waals surface area contributed by atoms with Crippen LogP contribution in [0.15, 0.2) is 24.3 Å². The monoisotopic (exact) mass is 214 g/mol. The van der Waals surface area contributed by atoms with Gasteiger partial charge in [0.25, 0.3) is 0 Å². The molecule has 0 aliphatic rings. The first-order valence-corrected chi connectivity index (χ1v) is 4.85. The Balaban J connectivity index is 3.13. The molecule has 0 radical (unpaired) electrons. The molecule has 0 fully saturated rings. The minimum absolute atomic E-state index is 0.589. The van der Waals surface area contributed by atoms with Crippen molar-refractivity contribution in [3.63, 3.8) is 0 Å². The van der Waals surface area contributed by atoms with Crippen LogP contribution in [-0.2, 0) is 11.2 Å². The van der Waals surface area contributed by atoms with Crippen LogP contribution >= 0.6 is 0 Å². The van der Waals surface area contributed by atoms with Gasteiger partial charge in [0.05, 0.1) is 0 Å². The lowest BCUT2D eigenvalue weighted by Crippen LogP contribution is -2.20. The van der Waals surface area contributed by atoms with Crippen molar-refractivity contribution in [3.05, 3.63) is 35.4 Å². The van der Waals surface area contributed by atoms with Gasteiger partial charge in [-0.2, -0.15) is 0 Å². The average Bonchev–Trinajstić information content (AvgIpc) is 2.29. The molecule has 0 aliphatic heterocycles. The number of aliphatic hydroxyl groups is 2. The average molecular weight is 214 g/mol. The van der Waals surface area contributed by atoms with E-state index >= 15 is 0 Å². The standard InChI is InChI=1S/C14H14O2/c1-5-13(3,15)11-7-9-12(10-8-11)14(4,16)6-2/h1-2,7-10,15-16H,3-4H3. The molecule has 2 unspecified atom stereocenters. The van der Waals surface area contributed by atoms with Crippen LogP contribution in [0.3, 0.4) is 0 Å². The molecule has 0 saturated heterocycles. The van der Waals surface area contributed by atoms with Crippen LogP contribution in [0.1, 0.15) is 25.0 Å². The topological polar surface area (TPSA) is 40.5 Å². The van der Waals surface area contributed by atoms with E-state index in [2.05, 4.69) is 11.8 Å². The predicted molar refractivity (Wildman–Crippen MR) is 63.2 cm³/mol. The summed E-state index contributed by atoms with van der Waals surface area (Å²) in [5.74, 6) is 4.57. The predicted octanol–water partition coefficient (Wildman–Crippen LogP) is 1.37. The minimum Gasteiger partial charge on any atom is -0.374 e. The molecule has 2 atom stereocenters. The fourth-order valence-corrected chi connectivity index (χ4v) is 1.29. The molecule has 0 saturated carbocycles. The van der Waals surface area contributed by atoms with Crippen LogP contribution in [0.5, 0.6) is 0 Å². The van der Waals surface area contributed by atoms with Crippen molar-refractivity contribution in [2.75, 3.05) is 0 Å². The quantitative estimate of drug-likeness (QED) is 0.730. The number of rotatable bonds is 2. The summed E-state index contributed by atoms with van der Waals surface area (Å²) in [5, 5.41) is 19.6. The number of hydrogen-bond acceptors (Lipinski definition) is 2. The van der Waals surface area contributed by atoms with Gasteiger partial charge in [0, 0.05) is 0 Å². The molecule has 2 nitrogen and oxygen atoms in total. The lowest BCUT2D eigenvalue weighted by Gasteiger charge is -2.20. The molecular formula is C14H14O2. The van der Waals surface area contributed by atoms with E-state index in [-0.39, 0.29) is 0 Å². The summed E-state index contributed by atoms with van der Waals surface area (Å²) in [6, 6.07) is 6.62. The number of hydrogen-bond donors (Lipinski definition) is 2. The fraction of sp³-hybridized carbons (Fsp3) is 0.286. The lowest BCUT2D eigenvalue weighted by molar-refractivity contribution is 0.118. The Bertz CT molecular complexity index is 408. The first-order valence-electron chi connectivity index (χ1n) is 4.85. The van der Waals surface area contributed by atoms with Crippen molar-refractivity contribution >= 4 is 0 Å². The molecule has 82 valence electrons. The van der Waals surface area contributed by atoms with Crippen LogP contribution in [0.25, 0.3) is 0 Å². The van der Waals surface area contributed by atoms with E-state index < -0.39 is 11.2 Å². The second-order valence-corrected chi connectivity index (χ2v) is 4.01. The molecule has 0 bridgehead atoms. The van der Waals surface area contributed by atoms with Gasteiger partial charge in [-0.05, 0) is 25.0 Å². The summed E-state index contributed by atoms with van der Waals surface area (Å²) in [7, 11) is 0. The zero-order chi connectivity index (χ0) is 12.4. The van der Waals surface area contributed by atoms with Gasteiger partial charge in [-0.15, -0.1) is 12.8 Å². The third-order valence-electron chi connectivity index (χ3n) is 2.57. The van der Waals surface area contributed by atoms with Gasteiger partial charge in [-0.25, -0.2) is 0 Å². The van der Waals surface area contributed by atoms with E-state index in [1.807, 2.05) is 0 Å². The maximum Gasteiger partial charge on any atom is 0.147 e. The summed E-state index contributed by atoms with van der Waals surface area (Å²) in [6.45, 7) is 3.06. The largest absolute Gasteiger partial charge is 0.374 e. The fourth-order valence-electron chi connectivity index (χ4n) is 1.29. The van der Waals surface area contributed by atoms with Gasteiger partial charge >= 0.3 is 0 Å². The second-order valence-electron chi connectivity index (χ2n) is 4.01. The molecule has 2 N–H and O–H groups in total. The van der Waals surface area contributed by atoms with E-state index in [9.17, 15) is 10.2 Å². The Morgan fingerprint density at radius 1 is 0.875 bits per heavy atom. The Kier molecular flexibility index (Phi) is 3.10. The van der Waals surface area contributed by atoms with Gasteiger partial charge < -0.3 is 10.2 Å². The maximum atomic E-state index is 9.81. The molecule has 0 amide bonds. The van der Waals surface area contributed by atoms with Gasteiger partial charge in [0.1, 0.15) is 11.2 Å². The third-order valence-corrected chi connectivity index (χ3v) is 2.57. The third kappa shape index (κ3) is 2.25. The van der Waals surface area contributed by atoms with E-state index in [0.29, 0.717) is 11.1 Å². The first-order chi connectivity index (χ1) is 7.33. The van der Waals surface area contributed by atoms with Crippen molar-refractivity contribution < 1.29 is 10.2 Å². The molecule has 1 rings (SSSR count). The minimum atomic E-state index is -1.31. The van der Waals surface area contributed by atoms with Crippen molar-refractivity contribution in [3.8, 4) is 24.7 Å². The highest BCUT2D eigenvalue weighted by Gasteiger charge is 2.23. The lowest BCUT2D eigenvalue weighted by atomic mass is 9.91. The Hall–Kier alpha value is -1.74. The van der Waals surface area contributed by atoms with Crippen LogP contribution in [0.4, 0.5) is 0 Å². The van der Waals surface area contributed by atoms with E-state index in [1.165, 1.54) is 13.8 Å². The van der Waals surface area contributed by atoms with Crippen molar-refractivity contribution in [2.24, 2.45) is 0 Å². The van der Waals surface area contributed by atoms with E-state index in [0.717, 1.165) is 0 Å². The van der Waals surface area contributed by atoms with E-state index in [4.69, 9.17) is 12.8 Å². The Morgan fingerprint density at radius 3 is 1.31 bits per heavy atom. The summed E-state index contributed by atoms with van der Waals surface area (Å²) in [6.07, 6.45) is 10.4. The van der Waals surface area contributed by atoms with Gasteiger partial charge in [0.2, 0.25) is 0 Å². The molecule has 0 heterocycles. The van der Waals surface area contributed by atoms with E-state index in [1.54, 1.807) is 24.3 Å². The molecule has 0 spiro atoms. The smallest absolute Gasteiger partial charge is 0.147 e. The summed E-state index contributed by atoms with van der Waals surface area (Å²) in [4.78, 5) is 0. The summed E-state index contributed by atoms with van der Waals surface area (Å²) < 4.78 is 0. The molecular weight excluding hydrogens is 200 g/mol. The highest BCUT2D eigenvalue weighted by molar-refractivity contribution is 5.36. The van der Waals surface area contributed by atoms with Crippen molar-refractivity contribution in [2.45, 2.75) is 25.0 Å². The van der Waals surface area contributed by atoms with Gasteiger partial charge in [-0.3, -0.25) is 0 Å². The zero-order valence-corrected chi connectivity index (χ0v) is 9.36. The van der Waals surface area contributed by atoms with Crippen LogP contribution in [-0.4, -0.2) is 10.2 Å². The Morgan fingerprint density at radius 2 is 1.12 bits per heavy atom. The molecule has 16 heavy (non-hydrogen) atoms. The van der Waals surface area contributed by atoms with Crippen LogP contribution in [0.2, 0.25) is 0 Å². The zero-order valence-electron chi connectivity index (χ0n) is 9.36. The maximum absolute atomic E-state index is 9.81. The molecule has 1 aromatic carbocycles. The van der Waals surface area contributed by atoms with Crippen molar-refractivity contribution in [1.82, 2.24) is 0 Å². The highest BCUT2D eigenvalue weighted by atomic mass is 16.3. The van der Waals surface area contributed by atoms with Crippen LogP contribution in [0, 0.1) is 24.7 Å². The Labute approximate surface area is 95.9 Å². The number of terminal acetylenes is 2. The van der Waals surface area contributed by atoms with Crippen LogP contribution < -0.4 is 0 Å². The normalized spacial score (nSPS) is 17.6.